The van der Waals surface area contributed by atoms with Crippen molar-refractivity contribution in [1.82, 2.24) is 10.2 Å². The van der Waals surface area contributed by atoms with Gasteiger partial charge in [0.15, 0.2) is 5.76 Å². The first-order valence-electron chi connectivity index (χ1n) is 13.2. The molecule has 2 atom stereocenters. The number of carbonyl (C=O) groups excluding carboxylic acids is 2. The topological polar surface area (TPSA) is 91.3 Å². The lowest BCUT2D eigenvalue weighted by Crippen LogP contribution is -2.57. The van der Waals surface area contributed by atoms with Crippen molar-refractivity contribution >= 4 is 17.5 Å². The van der Waals surface area contributed by atoms with Gasteiger partial charge in [0.1, 0.15) is 5.54 Å². The summed E-state index contributed by atoms with van der Waals surface area (Å²) < 4.78 is 12.0. The number of amides is 2. The van der Waals surface area contributed by atoms with Gasteiger partial charge in [0.25, 0.3) is 5.91 Å². The van der Waals surface area contributed by atoms with Crippen molar-refractivity contribution in [1.29, 1.82) is 0 Å². The van der Waals surface area contributed by atoms with E-state index < -0.39 is 11.8 Å². The number of hydrogen-bond acceptors (Lipinski definition) is 6. The molecule has 3 aliphatic heterocycles. The molecule has 8 nitrogen and oxygen atoms in total. The molecule has 0 saturated carbocycles. The molecule has 37 heavy (non-hydrogen) atoms. The van der Waals surface area contributed by atoms with Crippen LogP contribution in [0.3, 0.4) is 0 Å². The normalized spacial score (nSPS) is 22.9. The molecule has 0 radical (unpaired) electrons. The maximum atomic E-state index is 13.6. The summed E-state index contributed by atoms with van der Waals surface area (Å²) >= 11 is 0. The molecule has 2 N–H and O–H groups in total. The van der Waals surface area contributed by atoms with Crippen LogP contribution < -0.4 is 10.2 Å². The fourth-order valence-electron chi connectivity index (χ4n) is 5.54. The van der Waals surface area contributed by atoms with Crippen LogP contribution in [0.1, 0.15) is 43.6 Å². The van der Waals surface area contributed by atoms with E-state index in [2.05, 4.69) is 22.3 Å². The average Bonchev–Trinajstić information content (AvgIpc) is 3.26. The van der Waals surface area contributed by atoms with E-state index in [1.54, 1.807) is 4.90 Å². The predicted molar refractivity (Wildman–Crippen MR) is 140 cm³/mol. The standard InChI is InChI=1S/C29H35N3O5/c33-17-7-8-18-36-26-20-23(22-9-3-1-4-10-22)19-25(37-26)27(34)31-15-13-29(14-16-31)28(35)30-21-32(29)24-11-5-2-6-12-24/h1-6,9-12,19,23,26,33H,7-8,13-18,20-21H2,(H,30,35). The number of ether oxygens (including phenoxy) is 2. The number of nitrogens with zero attached hydrogens (tertiary/aromatic N) is 2. The molecule has 2 unspecified atom stereocenters. The number of piperidine rings is 1. The number of allylic oxidation sites excluding steroid dienone is 1. The van der Waals surface area contributed by atoms with Gasteiger partial charge in [-0.1, -0.05) is 48.5 Å². The van der Waals surface area contributed by atoms with Gasteiger partial charge in [-0.05, 0) is 49.5 Å². The molecule has 196 valence electrons. The highest BCUT2D eigenvalue weighted by atomic mass is 16.7. The average molecular weight is 506 g/mol. The molecular weight excluding hydrogens is 470 g/mol. The van der Waals surface area contributed by atoms with Crippen LogP contribution in [0.5, 0.6) is 0 Å². The number of benzene rings is 2. The van der Waals surface area contributed by atoms with Crippen molar-refractivity contribution in [2.24, 2.45) is 0 Å². The second-order valence-electron chi connectivity index (χ2n) is 9.88. The van der Waals surface area contributed by atoms with Crippen LogP contribution in [0.25, 0.3) is 0 Å². The lowest BCUT2D eigenvalue weighted by atomic mass is 9.85. The molecule has 3 aliphatic rings. The van der Waals surface area contributed by atoms with Crippen LogP contribution in [0, 0.1) is 0 Å². The number of unbranched alkanes of at least 4 members (excludes halogenated alkanes) is 1. The summed E-state index contributed by atoms with van der Waals surface area (Å²) in [6.07, 6.45) is 4.50. The van der Waals surface area contributed by atoms with Crippen LogP contribution in [0.15, 0.2) is 72.5 Å². The number of rotatable bonds is 8. The summed E-state index contributed by atoms with van der Waals surface area (Å²) in [5.74, 6) is 0.169. The molecule has 1 spiro atoms. The quantitative estimate of drug-likeness (QED) is 0.536. The Labute approximate surface area is 217 Å². The van der Waals surface area contributed by atoms with Crippen LogP contribution in [-0.2, 0) is 19.1 Å². The number of hydrogen-bond donors (Lipinski definition) is 2. The molecule has 0 aliphatic carbocycles. The SMILES string of the molecule is O=C(C1=CC(c2ccccc2)CC(OCCCCO)O1)N1CCC2(CC1)C(=O)NCN2c1ccccc1. The van der Waals surface area contributed by atoms with Crippen LogP contribution in [-0.4, -0.2) is 66.6 Å². The highest BCUT2D eigenvalue weighted by Gasteiger charge is 2.51. The van der Waals surface area contributed by atoms with Gasteiger partial charge in [-0.3, -0.25) is 9.59 Å². The number of nitrogens with one attached hydrogen (secondary N) is 1. The van der Waals surface area contributed by atoms with Gasteiger partial charge in [-0.2, -0.15) is 0 Å². The minimum atomic E-state index is -0.648. The molecular formula is C29H35N3O5. The van der Waals surface area contributed by atoms with E-state index in [9.17, 15) is 9.59 Å². The third-order valence-electron chi connectivity index (χ3n) is 7.63. The molecule has 3 heterocycles. The van der Waals surface area contributed by atoms with E-state index >= 15 is 0 Å². The lowest BCUT2D eigenvalue weighted by Gasteiger charge is -2.43. The molecule has 0 aromatic heterocycles. The largest absolute Gasteiger partial charge is 0.459 e. The number of carbonyl (C=O) groups is 2. The van der Waals surface area contributed by atoms with Crippen molar-refractivity contribution < 1.29 is 24.2 Å². The van der Waals surface area contributed by atoms with Crippen LogP contribution in [0.2, 0.25) is 0 Å². The van der Waals surface area contributed by atoms with Gasteiger partial charge in [-0.15, -0.1) is 0 Å². The third kappa shape index (κ3) is 5.36. The van der Waals surface area contributed by atoms with Gasteiger partial charge in [0.2, 0.25) is 12.2 Å². The van der Waals surface area contributed by atoms with E-state index in [4.69, 9.17) is 14.6 Å². The number of aliphatic hydroxyl groups excluding tert-OH is 1. The Bertz CT molecular complexity index is 1100. The number of aliphatic hydroxyl groups is 1. The monoisotopic (exact) mass is 505 g/mol. The molecule has 2 fully saturated rings. The molecule has 2 aromatic carbocycles. The van der Waals surface area contributed by atoms with Gasteiger partial charge in [0, 0.05) is 37.7 Å². The molecule has 5 rings (SSSR count). The zero-order chi connectivity index (χ0) is 25.7. The highest BCUT2D eigenvalue weighted by Crippen LogP contribution is 2.37. The summed E-state index contributed by atoms with van der Waals surface area (Å²) in [4.78, 5) is 30.5. The molecule has 2 saturated heterocycles. The summed E-state index contributed by atoms with van der Waals surface area (Å²) in [7, 11) is 0. The molecule has 0 bridgehead atoms. The molecule has 2 amide bonds. The summed E-state index contributed by atoms with van der Waals surface area (Å²) in [5, 5.41) is 12.1. The van der Waals surface area contributed by atoms with E-state index in [1.807, 2.05) is 54.6 Å². The smallest absolute Gasteiger partial charge is 0.288 e. The first-order chi connectivity index (χ1) is 18.1. The first kappa shape index (κ1) is 25.3. The Morgan fingerprint density at radius 3 is 2.46 bits per heavy atom. The Morgan fingerprint density at radius 1 is 1.05 bits per heavy atom. The van der Waals surface area contributed by atoms with E-state index in [0.29, 0.717) is 57.8 Å². The first-order valence-corrected chi connectivity index (χ1v) is 13.2. The van der Waals surface area contributed by atoms with Crippen molar-refractivity contribution in [3.63, 3.8) is 0 Å². The molecule has 8 heteroatoms. The van der Waals surface area contributed by atoms with E-state index in [-0.39, 0.29) is 24.3 Å². The predicted octanol–water partition coefficient (Wildman–Crippen LogP) is 3.14. The van der Waals surface area contributed by atoms with Crippen molar-refractivity contribution in [2.75, 3.05) is 37.9 Å². The maximum Gasteiger partial charge on any atom is 0.288 e. The third-order valence-corrected chi connectivity index (χ3v) is 7.63. The van der Waals surface area contributed by atoms with Crippen molar-refractivity contribution in [3.05, 3.63) is 78.1 Å². The lowest BCUT2D eigenvalue weighted by molar-refractivity contribution is -0.154. The zero-order valence-electron chi connectivity index (χ0n) is 21.1. The summed E-state index contributed by atoms with van der Waals surface area (Å²) in [6, 6.07) is 20.0. The van der Waals surface area contributed by atoms with Crippen LogP contribution in [0.4, 0.5) is 5.69 Å². The Balaban J connectivity index is 1.29. The van der Waals surface area contributed by atoms with Gasteiger partial charge < -0.3 is 29.7 Å². The second-order valence-corrected chi connectivity index (χ2v) is 9.88. The Kier molecular flexibility index (Phi) is 7.76. The second kappa shape index (κ2) is 11.4. The minimum Gasteiger partial charge on any atom is -0.459 e. The zero-order valence-corrected chi connectivity index (χ0v) is 21.1. The fraction of sp³-hybridized carbons (Fsp3) is 0.448. The van der Waals surface area contributed by atoms with Crippen molar-refractivity contribution in [2.45, 2.75) is 49.9 Å². The number of anilines is 1. The number of para-hydroxylation sites is 1. The van der Waals surface area contributed by atoms with Gasteiger partial charge in [0.05, 0.1) is 13.3 Å². The van der Waals surface area contributed by atoms with Crippen LogP contribution >= 0.6 is 0 Å². The van der Waals surface area contributed by atoms with Gasteiger partial charge >= 0.3 is 0 Å². The highest BCUT2D eigenvalue weighted by molar-refractivity contribution is 5.95. The Hall–Kier alpha value is -3.36. The fourth-order valence-corrected chi connectivity index (χ4v) is 5.54. The molecule has 2 aromatic rings. The number of likely N-dealkylation sites (tertiary alicyclic amines) is 1. The maximum absolute atomic E-state index is 13.6. The van der Waals surface area contributed by atoms with E-state index in [1.165, 1.54) is 0 Å². The minimum absolute atomic E-state index is 0.00190. The van der Waals surface area contributed by atoms with Gasteiger partial charge in [-0.25, -0.2) is 0 Å². The summed E-state index contributed by atoms with van der Waals surface area (Å²) in [5.41, 5.74) is 1.47. The summed E-state index contributed by atoms with van der Waals surface area (Å²) in [6.45, 7) is 1.99. The van der Waals surface area contributed by atoms with E-state index in [0.717, 1.165) is 17.7 Å². The Morgan fingerprint density at radius 2 is 1.76 bits per heavy atom. The van der Waals surface area contributed by atoms with Crippen molar-refractivity contribution in [3.8, 4) is 0 Å².